The van der Waals surface area contributed by atoms with Crippen LogP contribution in [0.15, 0.2) is 47.4 Å². The molecule has 7 heteroatoms. The highest BCUT2D eigenvalue weighted by Crippen LogP contribution is 2.28. The number of hydrogen-bond acceptors (Lipinski definition) is 4. The molecule has 2 aromatic rings. The number of benzene rings is 2. The molecule has 0 amide bonds. The van der Waals surface area contributed by atoms with Gasteiger partial charge in [-0.25, -0.2) is 8.42 Å². The zero-order chi connectivity index (χ0) is 18.7. The van der Waals surface area contributed by atoms with E-state index in [1.807, 2.05) is 0 Å². The Morgan fingerprint density at radius 2 is 1.69 bits per heavy atom. The monoisotopic (exact) mass is 394 g/mol. The summed E-state index contributed by atoms with van der Waals surface area (Å²) in [6.07, 6.45) is 0. The molecule has 0 atom stereocenters. The van der Waals surface area contributed by atoms with Gasteiger partial charge in [0, 0.05) is 32.7 Å². The maximum absolute atomic E-state index is 12.8. The highest BCUT2D eigenvalue weighted by Gasteiger charge is 2.29. The van der Waals surface area contributed by atoms with Gasteiger partial charge in [-0.05, 0) is 30.7 Å². The minimum atomic E-state index is -3.54. The number of methoxy groups -OCH3 is 1. The van der Waals surface area contributed by atoms with Crippen molar-refractivity contribution in [3.05, 3.63) is 58.6 Å². The molecule has 1 fully saturated rings. The molecular weight excluding hydrogens is 372 g/mol. The second-order valence-corrected chi connectivity index (χ2v) is 8.81. The van der Waals surface area contributed by atoms with Gasteiger partial charge in [0.05, 0.1) is 17.0 Å². The predicted octanol–water partition coefficient (Wildman–Crippen LogP) is 3.16. The van der Waals surface area contributed by atoms with E-state index < -0.39 is 10.0 Å². The summed E-state index contributed by atoms with van der Waals surface area (Å²) in [5, 5.41) is 0.298. The van der Waals surface area contributed by atoms with Gasteiger partial charge in [0.1, 0.15) is 5.75 Å². The maximum Gasteiger partial charge on any atom is 0.243 e. The van der Waals surface area contributed by atoms with Gasteiger partial charge in [-0.15, -0.1) is 0 Å². The van der Waals surface area contributed by atoms with Crippen LogP contribution < -0.4 is 4.74 Å². The van der Waals surface area contributed by atoms with Crippen LogP contribution >= 0.6 is 11.6 Å². The third-order valence-corrected chi connectivity index (χ3v) is 6.81. The van der Waals surface area contributed by atoms with Gasteiger partial charge < -0.3 is 4.74 Å². The van der Waals surface area contributed by atoms with Gasteiger partial charge in [0.15, 0.2) is 0 Å². The van der Waals surface area contributed by atoms with Crippen molar-refractivity contribution in [3.63, 3.8) is 0 Å². The second-order valence-electron chi connectivity index (χ2n) is 6.46. The van der Waals surface area contributed by atoms with Crippen LogP contribution in [0, 0.1) is 6.92 Å². The van der Waals surface area contributed by atoms with Crippen LogP contribution in [0.25, 0.3) is 0 Å². The number of rotatable bonds is 5. The van der Waals surface area contributed by atoms with Crippen LogP contribution in [-0.4, -0.2) is 50.9 Å². The van der Waals surface area contributed by atoms with Gasteiger partial charge in [-0.1, -0.05) is 41.4 Å². The molecule has 1 aliphatic rings. The molecule has 140 valence electrons. The van der Waals surface area contributed by atoms with Crippen molar-refractivity contribution in [2.45, 2.75) is 18.4 Å². The molecule has 0 radical (unpaired) electrons. The molecule has 3 rings (SSSR count). The van der Waals surface area contributed by atoms with Crippen LogP contribution in [0.5, 0.6) is 5.75 Å². The molecule has 5 nitrogen and oxygen atoms in total. The first-order valence-corrected chi connectivity index (χ1v) is 10.3. The van der Waals surface area contributed by atoms with Crippen molar-refractivity contribution in [2.75, 3.05) is 33.3 Å². The van der Waals surface area contributed by atoms with E-state index in [4.69, 9.17) is 16.3 Å². The fourth-order valence-electron chi connectivity index (χ4n) is 3.04. The lowest BCUT2D eigenvalue weighted by molar-refractivity contribution is 0.181. The lowest BCUT2D eigenvalue weighted by Gasteiger charge is -2.34. The SMILES string of the molecule is COc1ccc(S(=O)(=O)N2CCN(Cc3ccc(C)cc3)CC2)cc1Cl. The highest BCUT2D eigenvalue weighted by molar-refractivity contribution is 7.89. The normalized spacial score (nSPS) is 16.6. The number of sulfonamides is 1. The number of hydrogen-bond donors (Lipinski definition) is 0. The van der Waals surface area contributed by atoms with Crippen LogP contribution in [0.1, 0.15) is 11.1 Å². The molecule has 0 spiro atoms. The number of ether oxygens (including phenoxy) is 1. The zero-order valence-corrected chi connectivity index (χ0v) is 16.6. The molecule has 0 N–H and O–H groups in total. The molecular formula is C19H23ClN2O3S. The largest absolute Gasteiger partial charge is 0.495 e. The second kappa shape index (κ2) is 7.96. The number of piperazine rings is 1. The Labute approximate surface area is 160 Å². The van der Waals surface area contributed by atoms with E-state index in [9.17, 15) is 8.42 Å². The molecule has 26 heavy (non-hydrogen) atoms. The first-order valence-electron chi connectivity index (χ1n) is 8.52. The summed E-state index contributed by atoms with van der Waals surface area (Å²) in [5.74, 6) is 0.466. The van der Waals surface area contributed by atoms with Gasteiger partial charge in [0.2, 0.25) is 10.0 Å². The van der Waals surface area contributed by atoms with Crippen LogP contribution in [0.2, 0.25) is 5.02 Å². The first-order chi connectivity index (χ1) is 12.4. The third-order valence-electron chi connectivity index (χ3n) is 4.62. The summed E-state index contributed by atoms with van der Waals surface area (Å²) in [6.45, 7) is 5.26. The molecule has 1 aliphatic heterocycles. The maximum atomic E-state index is 12.8. The van der Waals surface area contributed by atoms with Gasteiger partial charge in [-0.2, -0.15) is 4.31 Å². The van der Waals surface area contributed by atoms with E-state index in [1.165, 1.54) is 28.6 Å². The Morgan fingerprint density at radius 1 is 1.04 bits per heavy atom. The average Bonchev–Trinajstić information content (AvgIpc) is 2.64. The van der Waals surface area contributed by atoms with Crippen LogP contribution in [0.3, 0.4) is 0 Å². The van der Waals surface area contributed by atoms with E-state index in [2.05, 4.69) is 36.1 Å². The Hall–Kier alpha value is -1.60. The number of aryl methyl sites for hydroxylation is 1. The summed E-state index contributed by atoms with van der Waals surface area (Å²) in [4.78, 5) is 2.48. The molecule has 1 heterocycles. The topological polar surface area (TPSA) is 49.9 Å². The number of halogens is 1. The summed E-state index contributed by atoms with van der Waals surface area (Å²) in [6, 6.07) is 13.0. The van der Waals surface area contributed by atoms with E-state index >= 15 is 0 Å². The Morgan fingerprint density at radius 3 is 2.27 bits per heavy atom. The van der Waals surface area contributed by atoms with E-state index in [0.717, 1.165) is 6.54 Å². The zero-order valence-electron chi connectivity index (χ0n) is 15.0. The smallest absolute Gasteiger partial charge is 0.243 e. The first kappa shape index (κ1) is 19.2. The third kappa shape index (κ3) is 4.20. The summed E-state index contributed by atoms with van der Waals surface area (Å²) in [7, 11) is -2.04. The van der Waals surface area contributed by atoms with Crippen molar-refractivity contribution in [2.24, 2.45) is 0 Å². The van der Waals surface area contributed by atoms with Crippen molar-refractivity contribution in [3.8, 4) is 5.75 Å². The quantitative estimate of drug-likeness (QED) is 0.781. The van der Waals surface area contributed by atoms with Crippen molar-refractivity contribution in [1.82, 2.24) is 9.21 Å². The lowest BCUT2D eigenvalue weighted by Crippen LogP contribution is -2.48. The Kier molecular flexibility index (Phi) is 5.87. The molecule has 0 saturated carbocycles. The predicted molar refractivity (Wildman–Crippen MR) is 103 cm³/mol. The van der Waals surface area contributed by atoms with E-state index in [1.54, 1.807) is 12.1 Å². The molecule has 0 aromatic heterocycles. The molecule has 1 saturated heterocycles. The Balaban J connectivity index is 1.65. The fourth-order valence-corrected chi connectivity index (χ4v) is 4.81. The van der Waals surface area contributed by atoms with Gasteiger partial charge in [0.25, 0.3) is 0 Å². The minimum absolute atomic E-state index is 0.204. The minimum Gasteiger partial charge on any atom is -0.495 e. The van der Waals surface area contributed by atoms with Crippen molar-refractivity contribution in [1.29, 1.82) is 0 Å². The molecule has 2 aromatic carbocycles. The fraction of sp³-hybridized carbons (Fsp3) is 0.368. The average molecular weight is 395 g/mol. The van der Waals surface area contributed by atoms with Gasteiger partial charge in [-0.3, -0.25) is 4.90 Å². The molecule has 0 aliphatic carbocycles. The van der Waals surface area contributed by atoms with Crippen LogP contribution in [0.4, 0.5) is 0 Å². The Bertz CT molecular complexity index is 861. The number of nitrogens with zero attached hydrogens (tertiary/aromatic N) is 2. The summed E-state index contributed by atoms with van der Waals surface area (Å²) in [5.41, 5.74) is 2.48. The molecule has 0 unspecified atom stereocenters. The summed E-state index contributed by atoms with van der Waals surface area (Å²) < 4.78 is 32.3. The van der Waals surface area contributed by atoms with E-state index in [0.29, 0.717) is 37.0 Å². The van der Waals surface area contributed by atoms with Crippen molar-refractivity contribution < 1.29 is 13.2 Å². The lowest BCUT2D eigenvalue weighted by atomic mass is 10.1. The van der Waals surface area contributed by atoms with E-state index in [-0.39, 0.29) is 4.90 Å². The highest BCUT2D eigenvalue weighted by atomic mass is 35.5. The standard InChI is InChI=1S/C19H23ClN2O3S/c1-15-3-5-16(6-4-15)14-21-9-11-22(12-10-21)26(23,24)17-7-8-19(25-2)18(20)13-17/h3-8,13H,9-12,14H2,1-2H3. The summed E-state index contributed by atoms with van der Waals surface area (Å²) >= 11 is 6.08. The van der Waals surface area contributed by atoms with Crippen LogP contribution in [-0.2, 0) is 16.6 Å². The molecule has 0 bridgehead atoms. The van der Waals surface area contributed by atoms with Gasteiger partial charge >= 0.3 is 0 Å². The van der Waals surface area contributed by atoms with Crippen molar-refractivity contribution >= 4 is 21.6 Å².